The van der Waals surface area contributed by atoms with E-state index < -0.39 is 0 Å². The van der Waals surface area contributed by atoms with Gasteiger partial charge in [0.15, 0.2) is 0 Å². The summed E-state index contributed by atoms with van der Waals surface area (Å²) in [6.07, 6.45) is 5.81. The minimum Gasteiger partial charge on any atom is -0.465 e. The van der Waals surface area contributed by atoms with E-state index >= 15 is 0 Å². The molecule has 0 radical (unpaired) electrons. The highest BCUT2D eigenvalue weighted by atomic mass is 16.5. The Kier molecular flexibility index (Phi) is 4.48. The molecule has 0 saturated heterocycles. The summed E-state index contributed by atoms with van der Waals surface area (Å²) in [7, 11) is 0. The molecule has 3 nitrogen and oxygen atoms in total. The molecule has 0 aliphatic heterocycles. The minimum atomic E-state index is -0.139. The molecule has 0 heterocycles. The van der Waals surface area contributed by atoms with E-state index in [-0.39, 0.29) is 17.4 Å². The van der Waals surface area contributed by atoms with Crippen molar-refractivity contribution in [2.75, 3.05) is 6.61 Å². The van der Waals surface area contributed by atoms with Crippen LogP contribution in [0.4, 0.5) is 0 Å². The molecule has 1 N–H and O–H groups in total. The van der Waals surface area contributed by atoms with Crippen molar-refractivity contribution in [3.63, 3.8) is 0 Å². The third-order valence-corrected chi connectivity index (χ3v) is 5.79. The van der Waals surface area contributed by atoms with E-state index in [0.29, 0.717) is 18.1 Å². The first-order chi connectivity index (χ1) is 9.35. The lowest BCUT2D eigenvalue weighted by atomic mass is 9.68. The summed E-state index contributed by atoms with van der Waals surface area (Å²) in [6.45, 7) is 11.6. The molecule has 20 heavy (non-hydrogen) atoms. The summed E-state index contributed by atoms with van der Waals surface area (Å²) in [5.41, 5.74) is 0.637. The molecular formula is C17H31NO2. The van der Waals surface area contributed by atoms with Gasteiger partial charge in [-0.15, -0.1) is 0 Å². The number of hydrogen-bond donors (Lipinski definition) is 1. The van der Waals surface area contributed by atoms with Crippen LogP contribution in [0.25, 0.3) is 0 Å². The molecule has 4 unspecified atom stereocenters. The molecule has 116 valence electrons. The van der Waals surface area contributed by atoms with Crippen LogP contribution in [0.15, 0.2) is 0 Å². The number of rotatable bonds is 6. The van der Waals surface area contributed by atoms with E-state index in [1.165, 1.54) is 19.3 Å². The fourth-order valence-electron chi connectivity index (χ4n) is 4.72. The van der Waals surface area contributed by atoms with Gasteiger partial charge in [0.05, 0.1) is 6.61 Å². The van der Waals surface area contributed by atoms with Crippen molar-refractivity contribution in [1.82, 2.24) is 5.32 Å². The maximum Gasteiger partial charge on any atom is 0.323 e. The van der Waals surface area contributed by atoms with Crippen LogP contribution in [0.5, 0.6) is 0 Å². The zero-order chi connectivity index (χ0) is 15.0. The van der Waals surface area contributed by atoms with Gasteiger partial charge in [0.1, 0.15) is 6.04 Å². The highest BCUT2D eigenvalue weighted by Crippen LogP contribution is 2.62. The second-order valence-electron chi connectivity index (χ2n) is 7.61. The van der Waals surface area contributed by atoms with E-state index in [9.17, 15) is 4.79 Å². The third kappa shape index (κ3) is 2.61. The molecule has 4 atom stereocenters. The van der Waals surface area contributed by atoms with Crippen LogP contribution in [0, 0.1) is 16.7 Å². The molecule has 2 bridgehead atoms. The first-order valence-electron chi connectivity index (χ1n) is 8.28. The quantitative estimate of drug-likeness (QED) is 0.757. The second-order valence-corrected chi connectivity index (χ2v) is 7.61. The second kappa shape index (κ2) is 5.67. The predicted octanol–water partition coefficient (Wildman–Crippen LogP) is 3.52. The van der Waals surface area contributed by atoms with Gasteiger partial charge in [-0.2, -0.15) is 0 Å². The first kappa shape index (κ1) is 15.8. The summed E-state index contributed by atoms with van der Waals surface area (Å²) in [4.78, 5) is 12.2. The summed E-state index contributed by atoms with van der Waals surface area (Å²) in [6, 6.07) is 0.287. The van der Waals surface area contributed by atoms with Crippen LogP contribution in [0.1, 0.15) is 66.7 Å². The molecule has 2 saturated carbocycles. The van der Waals surface area contributed by atoms with Crippen molar-refractivity contribution in [3.05, 3.63) is 0 Å². The van der Waals surface area contributed by atoms with Crippen molar-refractivity contribution in [3.8, 4) is 0 Å². The SMILES string of the molecule is CCCC(NC1C2(C)CCC(C2)C1(C)C)C(=O)OCC. The zero-order valence-corrected chi connectivity index (χ0v) is 13.8. The number of hydrogen-bond acceptors (Lipinski definition) is 3. The van der Waals surface area contributed by atoms with Gasteiger partial charge in [-0.3, -0.25) is 4.79 Å². The summed E-state index contributed by atoms with van der Waals surface area (Å²) < 4.78 is 5.25. The monoisotopic (exact) mass is 281 g/mol. The molecule has 3 heteroatoms. The predicted molar refractivity (Wildman–Crippen MR) is 81.5 cm³/mol. The van der Waals surface area contributed by atoms with Gasteiger partial charge in [0.2, 0.25) is 0 Å². The van der Waals surface area contributed by atoms with Gasteiger partial charge in [-0.25, -0.2) is 0 Å². The third-order valence-electron chi connectivity index (χ3n) is 5.79. The maximum atomic E-state index is 12.2. The lowest BCUT2D eigenvalue weighted by Gasteiger charge is -2.44. The number of carbonyl (C=O) groups is 1. The molecule has 0 spiro atoms. The van der Waals surface area contributed by atoms with E-state index in [1.54, 1.807) is 0 Å². The van der Waals surface area contributed by atoms with Crippen LogP contribution in [0.3, 0.4) is 0 Å². The van der Waals surface area contributed by atoms with Gasteiger partial charge >= 0.3 is 5.97 Å². The summed E-state index contributed by atoms with van der Waals surface area (Å²) in [5.74, 6) is 0.728. The Balaban J connectivity index is 2.11. The Morgan fingerprint density at radius 3 is 2.55 bits per heavy atom. The van der Waals surface area contributed by atoms with Crippen LogP contribution < -0.4 is 5.32 Å². The Morgan fingerprint density at radius 2 is 2.05 bits per heavy atom. The fourth-order valence-corrected chi connectivity index (χ4v) is 4.72. The van der Waals surface area contributed by atoms with Gasteiger partial charge in [-0.1, -0.05) is 34.1 Å². The van der Waals surface area contributed by atoms with Gasteiger partial charge in [0.25, 0.3) is 0 Å². The standard InChI is InChI=1S/C17H31NO2/c1-6-8-13(14(19)20-7-2)18-15-16(3,4)12-9-10-17(15,5)11-12/h12-13,15,18H,6-11H2,1-5H3. The Morgan fingerprint density at radius 1 is 1.35 bits per heavy atom. The van der Waals surface area contributed by atoms with Crippen LogP contribution in [-0.2, 0) is 9.53 Å². The molecule has 2 aliphatic rings. The van der Waals surface area contributed by atoms with Crippen molar-refractivity contribution >= 4 is 5.97 Å². The highest BCUT2D eigenvalue weighted by Gasteiger charge is 2.59. The van der Waals surface area contributed by atoms with E-state index in [4.69, 9.17) is 4.74 Å². The molecule has 2 rings (SSSR count). The topological polar surface area (TPSA) is 38.3 Å². The Labute approximate surface area is 123 Å². The average molecular weight is 281 g/mol. The van der Waals surface area contributed by atoms with Crippen LogP contribution in [-0.4, -0.2) is 24.7 Å². The summed E-state index contributed by atoms with van der Waals surface area (Å²) >= 11 is 0. The Bertz CT molecular complexity index is 361. The molecule has 2 fully saturated rings. The minimum absolute atomic E-state index is 0.0727. The smallest absolute Gasteiger partial charge is 0.323 e. The molecule has 2 aliphatic carbocycles. The molecule has 0 amide bonds. The first-order valence-corrected chi connectivity index (χ1v) is 8.28. The highest BCUT2D eigenvalue weighted by molar-refractivity contribution is 5.75. The number of nitrogens with one attached hydrogen (secondary N) is 1. The normalized spacial score (nSPS) is 36.0. The molecule has 0 aromatic carbocycles. The molecule has 0 aromatic rings. The van der Waals surface area contributed by atoms with Crippen molar-refractivity contribution in [2.24, 2.45) is 16.7 Å². The van der Waals surface area contributed by atoms with Crippen LogP contribution >= 0.6 is 0 Å². The van der Waals surface area contributed by atoms with Crippen molar-refractivity contribution in [1.29, 1.82) is 0 Å². The number of carbonyl (C=O) groups excluding carboxylic acids is 1. The van der Waals surface area contributed by atoms with Gasteiger partial charge in [0, 0.05) is 6.04 Å². The molecular weight excluding hydrogens is 250 g/mol. The average Bonchev–Trinajstić information content (AvgIpc) is 2.84. The fraction of sp³-hybridized carbons (Fsp3) is 0.941. The van der Waals surface area contributed by atoms with Crippen molar-refractivity contribution < 1.29 is 9.53 Å². The van der Waals surface area contributed by atoms with Gasteiger partial charge < -0.3 is 10.1 Å². The molecule has 0 aromatic heterocycles. The maximum absolute atomic E-state index is 12.2. The van der Waals surface area contributed by atoms with Gasteiger partial charge in [-0.05, 0) is 49.4 Å². The lowest BCUT2D eigenvalue weighted by molar-refractivity contribution is -0.146. The number of fused-ring (bicyclic) bond motifs is 2. The largest absolute Gasteiger partial charge is 0.465 e. The number of ether oxygens (including phenoxy) is 1. The van der Waals surface area contributed by atoms with E-state index in [0.717, 1.165) is 18.8 Å². The van der Waals surface area contributed by atoms with E-state index in [2.05, 4.69) is 33.0 Å². The zero-order valence-electron chi connectivity index (χ0n) is 13.8. The number of esters is 1. The van der Waals surface area contributed by atoms with Crippen LogP contribution in [0.2, 0.25) is 0 Å². The Hall–Kier alpha value is -0.570. The summed E-state index contributed by atoms with van der Waals surface area (Å²) in [5, 5.41) is 3.69. The lowest BCUT2D eigenvalue weighted by Crippen LogP contribution is -2.55. The van der Waals surface area contributed by atoms with E-state index in [1.807, 2.05) is 6.92 Å². The van der Waals surface area contributed by atoms with Crippen molar-refractivity contribution in [2.45, 2.75) is 78.8 Å².